The molecule has 4 aromatic rings. The van der Waals surface area contributed by atoms with Gasteiger partial charge >= 0.3 is 5.97 Å². The molecule has 39 heavy (non-hydrogen) atoms. The van der Waals surface area contributed by atoms with Crippen molar-refractivity contribution in [1.82, 2.24) is 4.57 Å². The lowest BCUT2D eigenvalue weighted by Crippen LogP contribution is -2.49. The summed E-state index contributed by atoms with van der Waals surface area (Å²) in [6, 6.07) is 17.9. The van der Waals surface area contributed by atoms with Gasteiger partial charge in [0, 0.05) is 22.8 Å². The lowest BCUT2D eigenvalue weighted by atomic mass is 9.47. The third-order valence-corrected chi connectivity index (χ3v) is 8.73. The molecule has 202 valence electrons. The Kier molecular flexibility index (Phi) is 6.24. The van der Waals surface area contributed by atoms with E-state index in [-0.39, 0.29) is 29.0 Å². The Bertz CT molecular complexity index is 1560. The van der Waals surface area contributed by atoms with Crippen molar-refractivity contribution in [2.75, 3.05) is 0 Å². The number of hydrogen-bond donors (Lipinski definition) is 1. The highest BCUT2D eigenvalue weighted by atomic mass is 19.1. The number of halogens is 2. The van der Waals surface area contributed by atoms with E-state index in [1.165, 1.54) is 12.1 Å². The summed E-state index contributed by atoms with van der Waals surface area (Å²) in [7, 11) is 0. The molecule has 0 unspecified atom stereocenters. The van der Waals surface area contributed by atoms with Gasteiger partial charge < -0.3 is 14.4 Å². The minimum absolute atomic E-state index is 0.0773. The molecule has 0 bridgehead atoms. The highest BCUT2D eigenvalue weighted by Crippen LogP contribution is 2.65. The molecule has 1 heterocycles. The molecule has 0 saturated heterocycles. The normalized spacial score (nSPS) is 22.2. The van der Waals surface area contributed by atoms with Crippen LogP contribution >= 0.6 is 0 Å². The predicted octanol–water partition coefficient (Wildman–Crippen LogP) is 8.28. The molecule has 1 aromatic heterocycles. The predicted molar refractivity (Wildman–Crippen MR) is 148 cm³/mol. The molecule has 1 N–H and O–H groups in total. The van der Waals surface area contributed by atoms with Gasteiger partial charge in [-0.2, -0.15) is 0 Å². The van der Waals surface area contributed by atoms with Crippen LogP contribution in [0.2, 0.25) is 0 Å². The molecule has 2 aliphatic rings. The lowest BCUT2D eigenvalue weighted by molar-refractivity contribution is -0.155. The van der Waals surface area contributed by atoms with Gasteiger partial charge in [-0.3, -0.25) is 4.79 Å². The number of fused-ring (bicyclic) bond motifs is 1. The second-order valence-electron chi connectivity index (χ2n) is 11.8. The molecular weight excluding hydrogens is 496 g/mol. The molecular formula is C33H33F2NO3. The Balaban J connectivity index is 1.51. The van der Waals surface area contributed by atoms with Crippen molar-refractivity contribution in [2.45, 2.75) is 64.9 Å². The van der Waals surface area contributed by atoms with Crippen molar-refractivity contribution in [1.29, 1.82) is 0 Å². The van der Waals surface area contributed by atoms with Gasteiger partial charge in [-0.1, -0.05) is 44.2 Å². The van der Waals surface area contributed by atoms with E-state index in [0.717, 1.165) is 53.6 Å². The molecule has 2 aliphatic carbocycles. The zero-order chi connectivity index (χ0) is 27.5. The Hall–Kier alpha value is -3.67. The molecule has 6 rings (SSSR count). The van der Waals surface area contributed by atoms with Crippen molar-refractivity contribution >= 4 is 16.9 Å². The van der Waals surface area contributed by atoms with Crippen molar-refractivity contribution in [3.63, 3.8) is 0 Å². The van der Waals surface area contributed by atoms with E-state index in [0.29, 0.717) is 23.4 Å². The average Bonchev–Trinajstić information content (AvgIpc) is 3.18. The molecule has 1 spiro atoms. The van der Waals surface area contributed by atoms with Crippen molar-refractivity contribution in [3.05, 3.63) is 94.7 Å². The Labute approximate surface area is 227 Å². The topological polar surface area (TPSA) is 51.5 Å². The van der Waals surface area contributed by atoms with E-state index in [1.54, 1.807) is 19.1 Å². The molecule has 2 fully saturated rings. The Morgan fingerprint density at radius 2 is 1.77 bits per heavy atom. The van der Waals surface area contributed by atoms with Crippen molar-refractivity contribution < 1.29 is 23.4 Å². The number of carboxylic acid groups (broad SMARTS) is 1. The molecule has 0 amide bonds. The third kappa shape index (κ3) is 4.40. The fourth-order valence-corrected chi connectivity index (χ4v) is 6.95. The van der Waals surface area contributed by atoms with Crippen LogP contribution in [0.5, 0.6) is 5.75 Å². The van der Waals surface area contributed by atoms with Crippen LogP contribution in [0, 0.1) is 29.9 Å². The van der Waals surface area contributed by atoms with Gasteiger partial charge in [-0.25, -0.2) is 8.78 Å². The van der Waals surface area contributed by atoms with Crippen LogP contribution in [0.1, 0.15) is 73.8 Å². The van der Waals surface area contributed by atoms with Crippen LogP contribution in [-0.4, -0.2) is 15.6 Å². The quantitative estimate of drug-likeness (QED) is 0.262. The van der Waals surface area contributed by atoms with Crippen LogP contribution in [0.3, 0.4) is 0 Å². The lowest BCUT2D eigenvalue weighted by Gasteiger charge is -2.57. The fraction of sp³-hybridized carbons (Fsp3) is 0.364. The standard InChI is InChI=1S/C33H33F2NO3/c1-19(2)31-29(22-14-33(15-22)16-23(17-33)32(37)38)30-27(36(31)25-9-10-26(35)20(3)11-25)12-24(34)13-28(30)39-18-21-7-5-4-6-8-21/h4-13,19,22-23H,14-18H2,1-3H3,(H,37,38). The highest BCUT2D eigenvalue weighted by Gasteiger charge is 2.56. The monoisotopic (exact) mass is 529 g/mol. The van der Waals surface area contributed by atoms with E-state index in [1.807, 2.05) is 36.4 Å². The largest absolute Gasteiger partial charge is 0.488 e. The molecule has 0 atom stereocenters. The molecule has 2 saturated carbocycles. The van der Waals surface area contributed by atoms with Gasteiger partial charge in [0.15, 0.2) is 0 Å². The average molecular weight is 530 g/mol. The summed E-state index contributed by atoms with van der Waals surface area (Å²) in [6.45, 7) is 6.31. The second-order valence-corrected chi connectivity index (χ2v) is 11.8. The third-order valence-electron chi connectivity index (χ3n) is 8.73. The van der Waals surface area contributed by atoms with Gasteiger partial charge in [-0.05, 0) is 90.8 Å². The smallest absolute Gasteiger partial charge is 0.306 e. The number of rotatable bonds is 7. The second kappa shape index (κ2) is 9.51. The zero-order valence-electron chi connectivity index (χ0n) is 22.5. The number of aliphatic carboxylic acids is 1. The summed E-state index contributed by atoms with van der Waals surface area (Å²) in [5.41, 5.74) is 5.31. The summed E-state index contributed by atoms with van der Waals surface area (Å²) in [6.07, 6.45) is 3.26. The van der Waals surface area contributed by atoms with Gasteiger partial charge in [0.25, 0.3) is 0 Å². The number of carbonyl (C=O) groups is 1. The molecule has 4 nitrogen and oxygen atoms in total. The van der Waals surface area contributed by atoms with Crippen molar-refractivity contribution in [3.8, 4) is 11.4 Å². The van der Waals surface area contributed by atoms with Crippen LogP contribution in [0.25, 0.3) is 16.6 Å². The fourth-order valence-electron chi connectivity index (χ4n) is 6.95. The van der Waals surface area contributed by atoms with Gasteiger partial charge in [0.2, 0.25) is 0 Å². The number of hydrogen-bond acceptors (Lipinski definition) is 2. The maximum atomic E-state index is 15.2. The number of aryl methyl sites for hydroxylation is 1. The first kappa shape index (κ1) is 25.6. The summed E-state index contributed by atoms with van der Waals surface area (Å²) in [5.74, 6) is -0.808. The van der Waals surface area contributed by atoms with Crippen LogP contribution in [-0.2, 0) is 11.4 Å². The SMILES string of the molecule is Cc1cc(-n2c(C(C)C)c(C3CC4(CC(C(=O)O)C4)C3)c3c(OCc4ccccc4)cc(F)cc32)ccc1F. The highest BCUT2D eigenvalue weighted by molar-refractivity contribution is 5.94. The van der Waals surface area contributed by atoms with E-state index in [9.17, 15) is 14.3 Å². The summed E-state index contributed by atoms with van der Waals surface area (Å²) >= 11 is 0. The Morgan fingerprint density at radius 3 is 2.41 bits per heavy atom. The number of ether oxygens (including phenoxy) is 1. The number of carboxylic acids is 1. The van der Waals surface area contributed by atoms with Crippen LogP contribution in [0.4, 0.5) is 8.78 Å². The summed E-state index contributed by atoms with van der Waals surface area (Å²) in [5, 5.41) is 10.3. The number of benzene rings is 3. The molecule has 6 heteroatoms. The maximum absolute atomic E-state index is 15.2. The first-order valence-corrected chi connectivity index (χ1v) is 13.7. The minimum atomic E-state index is -0.706. The molecule has 0 radical (unpaired) electrons. The maximum Gasteiger partial charge on any atom is 0.306 e. The van der Waals surface area contributed by atoms with Gasteiger partial charge in [0.05, 0.1) is 11.4 Å². The van der Waals surface area contributed by atoms with Crippen LogP contribution < -0.4 is 4.74 Å². The van der Waals surface area contributed by atoms with Crippen LogP contribution in [0.15, 0.2) is 60.7 Å². The number of nitrogens with zero attached hydrogens (tertiary/aromatic N) is 1. The summed E-state index contributed by atoms with van der Waals surface area (Å²) in [4.78, 5) is 11.5. The summed E-state index contributed by atoms with van der Waals surface area (Å²) < 4.78 is 37.9. The van der Waals surface area contributed by atoms with Gasteiger partial charge in [0.1, 0.15) is 24.0 Å². The zero-order valence-corrected chi connectivity index (χ0v) is 22.5. The van der Waals surface area contributed by atoms with Crippen molar-refractivity contribution in [2.24, 2.45) is 11.3 Å². The van der Waals surface area contributed by atoms with E-state index in [4.69, 9.17) is 4.74 Å². The first-order valence-electron chi connectivity index (χ1n) is 13.7. The van der Waals surface area contributed by atoms with E-state index < -0.39 is 11.8 Å². The number of aromatic nitrogens is 1. The molecule has 0 aliphatic heterocycles. The molecule has 3 aromatic carbocycles. The first-order chi connectivity index (χ1) is 18.7. The van der Waals surface area contributed by atoms with E-state index in [2.05, 4.69) is 18.4 Å². The minimum Gasteiger partial charge on any atom is -0.488 e. The van der Waals surface area contributed by atoms with Gasteiger partial charge in [-0.15, -0.1) is 0 Å². The van der Waals surface area contributed by atoms with E-state index >= 15 is 4.39 Å². The Morgan fingerprint density at radius 1 is 1.05 bits per heavy atom.